The molecule has 0 aliphatic heterocycles. The smallest absolute Gasteiger partial charge is 0.234 e. The fourth-order valence-corrected chi connectivity index (χ4v) is 2.13. The van der Waals surface area contributed by atoms with Gasteiger partial charge in [0.1, 0.15) is 5.75 Å². The molecule has 0 radical (unpaired) electrons. The molecule has 104 valence electrons. The number of hydrogen-bond acceptors (Lipinski definition) is 3. The Bertz CT molecular complexity index is 604. The van der Waals surface area contributed by atoms with Crippen molar-refractivity contribution in [3.05, 3.63) is 53.6 Å². The van der Waals surface area contributed by atoms with Crippen molar-refractivity contribution < 1.29 is 9.53 Å². The van der Waals surface area contributed by atoms with E-state index in [0.717, 1.165) is 0 Å². The van der Waals surface area contributed by atoms with Gasteiger partial charge < -0.3 is 10.1 Å². The Kier molecular flexibility index (Phi) is 5.32. The van der Waals surface area contributed by atoms with Gasteiger partial charge in [0, 0.05) is 0 Å². The molecule has 20 heavy (non-hydrogen) atoms. The van der Waals surface area contributed by atoms with Gasteiger partial charge in [-0.2, -0.15) is 11.8 Å². The molecule has 0 saturated carbocycles. The zero-order valence-electron chi connectivity index (χ0n) is 10.9. The van der Waals surface area contributed by atoms with Gasteiger partial charge in [-0.3, -0.25) is 4.79 Å². The second kappa shape index (κ2) is 7.22. The first-order valence-corrected chi connectivity index (χ1v) is 7.78. The Hall–Kier alpha value is -1.65. The molecule has 5 heteroatoms. The van der Waals surface area contributed by atoms with Crippen molar-refractivity contribution in [2.75, 3.05) is 17.3 Å². The summed E-state index contributed by atoms with van der Waals surface area (Å²) in [5.74, 6) is 1.46. The first kappa shape index (κ1) is 14.8. The molecular formula is C15H14ClNO2S. The minimum Gasteiger partial charge on any atom is -0.454 e. The van der Waals surface area contributed by atoms with Crippen LogP contribution >= 0.6 is 23.4 Å². The maximum Gasteiger partial charge on any atom is 0.234 e. The van der Waals surface area contributed by atoms with Crippen LogP contribution in [-0.4, -0.2) is 17.9 Å². The van der Waals surface area contributed by atoms with E-state index in [1.54, 1.807) is 24.3 Å². The number of hydrogen-bond donors (Lipinski definition) is 1. The van der Waals surface area contributed by atoms with Crippen LogP contribution in [0.5, 0.6) is 11.5 Å². The zero-order valence-corrected chi connectivity index (χ0v) is 12.5. The minimum absolute atomic E-state index is 0.0623. The molecule has 2 rings (SSSR count). The van der Waals surface area contributed by atoms with Crippen molar-refractivity contribution >= 4 is 35.0 Å². The number of ether oxygens (including phenoxy) is 1. The number of amides is 1. The van der Waals surface area contributed by atoms with Gasteiger partial charge in [0.15, 0.2) is 5.75 Å². The van der Waals surface area contributed by atoms with Crippen LogP contribution in [0.2, 0.25) is 5.02 Å². The summed E-state index contributed by atoms with van der Waals surface area (Å²) in [5.41, 5.74) is 0.631. The summed E-state index contributed by atoms with van der Waals surface area (Å²) in [6, 6.07) is 14.5. The first-order valence-electron chi connectivity index (χ1n) is 6.01. The lowest BCUT2D eigenvalue weighted by molar-refractivity contribution is -0.113. The predicted octanol–water partition coefficient (Wildman–Crippen LogP) is 4.43. The third-order valence-electron chi connectivity index (χ3n) is 2.49. The van der Waals surface area contributed by atoms with Gasteiger partial charge in [-0.05, 0) is 30.5 Å². The number of benzene rings is 2. The number of rotatable bonds is 5. The Morgan fingerprint density at radius 2 is 1.80 bits per heavy atom. The molecule has 0 aliphatic carbocycles. The van der Waals surface area contributed by atoms with E-state index in [9.17, 15) is 4.79 Å². The largest absolute Gasteiger partial charge is 0.454 e. The van der Waals surface area contributed by atoms with Crippen molar-refractivity contribution in [1.29, 1.82) is 0 Å². The fourth-order valence-electron chi connectivity index (χ4n) is 1.62. The van der Waals surface area contributed by atoms with Crippen LogP contribution in [0.3, 0.4) is 0 Å². The Balaban J connectivity index is 2.20. The van der Waals surface area contributed by atoms with Gasteiger partial charge in [0.05, 0.1) is 16.5 Å². The van der Waals surface area contributed by atoms with Crippen molar-refractivity contribution in [2.24, 2.45) is 0 Å². The van der Waals surface area contributed by atoms with Crippen LogP contribution in [-0.2, 0) is 4.79 Å². The van der Waals surface area contributed by atoms with E-state index >= 15 is 0 Å². The number of carbonyl (C=O) groups excluding carboxylic acids is 1. The Morgan fingerprint density at radius 3 is 2.50 bits per heavy atom. The highest BCUT2D eigenvalue weighted by atomic mass is 35.5. The maximum absolute atomic E-state index is 11.7. The number of thioether (sulfide) groups is 1. The molecule has 2 aromatic carbocycles. The monoisotopic (exact) mass is 307 g/mol. The van der Waals surface area contributed by atoms with Gasteiger partial charge in [-0.15, -0.1) is 0 Å². The SMILES string of the molecule is CSCC(=O)Nc1ccccc1Oc1ccccc1Cl. The fraction of sp³-hybridized carbons (Fsp3) is 0.133. The third kappa shape index (κ3) is 3.92. The van der Waals surface area contributed by atoms with Gasteiger partial charge in [-0.25, -0.2) is 0 Å². The standard InChI is InChI=1S/C15H14ClNO2S/c1-20-10-15(18)17-12-7-3-5-9-14(12)19-13-8-4-2-6-11(13)16/h2-9H,10H2,1H3,(H,17,18). The third-order valence-corrected chi connectivity index (χ3v) is 3.36. The molecule has 0 spiro atoms. The molecule has 3 nitrogen and oxygen atoms in total. The summed E-state index contributed by atoms with van der Waals surface area (Å²) >= 11 is 7.53. The Morgan fingerprint density at radius 1 is 1.15 bits per heavy atom. The summed E-state index contributed by atoms with van der Waals surface area (Å²) < 4.78 is 5.77. The second-order valence-corrected chi connectivity index (χ2v) is 5.28. The van der Waals surface area contributed by atoms with E-state index in [1.165, 1.54) is 11.8 Å². The summed E-state index contributed by atoms with van der Waals surface area (Å²) in [7, 11) is 0. The average molecular weight is 308 g/mol. The summed E-state index contributed by atoms with van der Waals surface area (Å²) in [6.45, 7) is 0. The molecule has 0 unspecified atom stereocenters. The highest BCUT2D eigenvalue weighted by Crippen LogP contribution is 2.33. The maximum atomic E-state index is 11.7. The van der Waals surface area contributed by atoms with Crippen molar-refractivity contribution in [3.8, 4) is 11.5 Å². The summed E-state index contributed by atoms with van der Waals surface area (Å²) in [6.07, 6.45) is 1.88. The summed E-state index contributed by atoms with van der Waals surface area (Å²) in [4.78, 5) is 11.7. The molecule has 0 aliphatic rings. The second-order valence-electron chi connectivity index (χ2n) is 4.01. The average Bonchev–Trinajstić information content (AvgIpc) is 2.44. The minimum atomic E-state index is -0.0623. The molecule has 1 amide bonds. The van der Waals surface area contributed by atoms with Crippen LogP contribution in [0.25, 0.3) is 0 Å². The lowest BCUT2D eigenvalue weighted by Crippen LogP contribution is -2.14. The first-order chi connectivity index (χ1) is 9.70. The van der Waals surface area contributed by atoms with Crippen molar-refractivity contribution in [3.63, 3.8) is 0 Å². The van der Waals surface area contributed by atoms with E-state index in [-0.39, 0.29) is 5.91 Å². The molecule has 0 bridgehead atoms. The zero-order chi connectivity index (χ0) is 14.4. The van der Waals surface area contributed by atoms with Crippen LogP contribution < -0.4 is 10.1 Å². The molecule has 0 saturated heterocycles. The van der Waals surface area contributed by atoms with Gasteiger partial charge >= 0.3 is 0 Å². The molecule has 0 atom stereocenters. The molecule has 1 N–H and O–H groups in total. The van der Waals surface area contributed by atoms with E-state index in [2.05, 4.69) is 5.32 Å². The van der Waals surface area contributed by atoms with Crippen LogP contribution in [0.4, 0.5) is 5.69 Å². The Labute approximate surface area is 127 Å². The van der Waals surface area contributed by atoms with Gasteiger partial charge in [-0.1, -0.05) is 35.9 Å². The molecule has 0 heterocycles. The normalized spacial score (nSPS) is 10.1. The highest BCUT2D eigenvalue weighted by molar-refractivity contribution is 7.99. The number of carbonyl (C=O) groups is 1. The molecule has 0 aromatic heterocycles. The van der Waals surface area contributed by atoms with E-state index in [1.807, 2.05) is 30.5 Å². The van der Waals surface area contributed by atoms with Gasteiger partial charge in [0.2, 0.25) is 5.91 Å². The highest BCUT2D eigenvalue weighted by Gasteiger charge is 2.09. The van der Waals surface area contributed by atoms with E-state index in [4.69, 9.17) is 16.3 Å². The lowest BCUT2D eigenvalue weighted by atomic mass is 10.3. The van der Waals surface area contributed by atoms with Crippen molar-refractivity contribution in [2.45, 2.75) is 0 Å². The topological polar surface area (TPSA) is 38.3 Å². The van der Waals surface area contributed by atoms with E-state index < -0.39 is 0 Å². The number of halogens is 1. The summed E-state index contributed by atoms with van der Waals surface area (Å²) in [5, 5.41) is 3.35. The molecule has 0 fully saturated rings. The van der Waals surface area contributed by atoms with Crippen molar-refractivity contribution in [1.82, 2.24) is 0 Å². The van der Waals surface area contributed by atoms with Crippen LogP contribution in [0.1, 0.15) is 0 Å². The molecule has 2 aromatic rings. The van der Waals surface area contributed by atoms with Crippen LogP contribution in [0, 0.1) is 0 Å². The quantitative estimate of drug-likeness (QED) is 0.888. The lowest BCUT2D eigenvalue weighted by Gasteiger charge is -2.12. The van der Waals surface area contributed by atoms with E-state index in [0.29, 0.717) is 28.0 Å². The number of anilines is 1. The predicted molar refractivity (Wildman–Crippen MR) is 85.0 cm³/mol. The van der Waals surface area contributed by atoms with Crippen LogP contribution in [0.15, 0.2) is 48.5 Å². The number of nitrogens with one attached hydrogen (secondary N) is 1. The molecular weight excluding hydrogens is 294 g/mol. The van der Waals surface area contributed by atoms with Gasteiger partial charge in [0.25, 0.3) is 0 Å². The number of para-hydroxylation sites is 3.